The molecule has 4 N–H and O–H groups in total. The van der Waals surface area contributed by atoms with Crippen LogP contribution in [0.5, 0.6) is 0 Å². The normalized spacial score (nSPS) is 9.62. The Morgan fingerprint density at radius 3 is 2.25 bits per heavy atom. The number of hydrogen-bond donors (Lipinski definition) is 3. The first-order chi connectivity index (χ1) is 3.72. The smallest absolute Gasteiger partial charge is 0.142 e. The Morgan fingerprint density at radius 1 is 1.50 bits per heavy atom. The molecule has 0 atom stereocenters. The van der Waals surface area contributed by atoms with Gasteiger partial charge < -0.3 is 10.8 Å². The summed E-state index contributed by atoms with van der Waals surface area (Å²) in [6, 6.07) is 0. The summed E-state index contributed by atoms with van der Waals surface area (Å²) in [4.78, 5) is 0. The molecule has 0 aliphatic rings. The Labute approximate surface area is 51.9 Å². The molecule has 0 saturated carbocycles. The second-order valence-electron chi connectivity index (χ2n) is 1.62. The zero-order valence-corrected chi connectivity index (χ0v) is 5.30. The maximum absolute atomic E-state index is 5.44. The van der Waals surface area contributed by atoms with Crippen molar-refractivity contribution in [1.82, 2.24) is 10.2 Å². The summed E-state index contributed by atoms with van der Waals surface area (Å²) in [5, 5.41) is 5.48. The van der Waals surface area contributed by atoms with E-state index in [-0.39, 0.29) is 0 Å². The summed E-state index contributed by atoms with van der Waals surface area (Å²) >= 11 is 4.76. The largest absolute Gasteiger partial charge is 0.395 e. The Balaban J connectivity index is 3.41. The lowest BCUT2D eigenvalue weighted by molar-refractivity contribution is 1.04. The van der Waals surface area contributed by atoms with Crippen LogP contribution in [0.25, 0.3) is 0 Å². The molecule has 3 nitrogen and oxygen atoms in total. The van der Waals surface area contributed by atoms with Crippen molar-refractivity contribution in [2.24, 2.45) is 0 Å². The van der Waals surface area contributed by atoms with E-state index in [1.165, 1.54) is 0 Å². The minimum atomic E-state index is 0.586. The number of hydrogen-bond acceptors (Lipinski definition) is 2. The predicted octanol–water partition coefficient (Wildman–Crippen LogP) is 0.963. The molecule has 1 heterocycles. The van der Waals surface area contributed by atoms with Crippen LogP contribution in [-0.2, 0) is 0 Å². The van der Waals surface area contributed by atoms with Gasteiger partial charge in [0, 0.05) is 0 Å². The van der Waals surface area contributed by atoms with Crippen LogP contribution in [-0.4, -0.2) is 10.2 Å². The van der Waals surface area contributed by atoms with Gasteiger partial charge in [-0.1, -0.05) is 12.2 Å². The van der Waals surface area contributed by atoms with Gasteiger partial charge in [0.05, 0.1) is 11.4 Å². The number of H-pyrrole nitrogens is 2. The minimum absolute atomic E-state index is 0.586. The standard InChI is InChI=1S/C4H7N3S/c1-2-3(5)4(8)7-6-2/h5H2,1H3,(H2,6,7,8). The first kappa shape index (κ1) is 5.37. The van der Waals surface area contributed by atoms with Crippen molar-refractivity contribution in [2.45, 2.75) is 6.92 Å². The molecule has 8 heavy (non-hydrogen) atoms. The van der Waals surface area contributed by atoms with E-state index >= 15 is 0 Å². The Morgan fingerprint density at radius 2 is 2.12 bits per heavy atom. The van der Waals surface area contributed by atoms with Crippen molar-refractivity contribution in [3.05, 3.63) is 10.3 Å². The number of nitrogens with one attached hydrogen (secondary N) is 2. The number of nitrogen functional groups attached to an aromatic ring is 1. The van der Waals surface area contributed by atoms with Crippen molar-refractivity contribution in [1.29, 1.82) is 0 Å². The van der Waals surface area contributed by atoms with Gasteiger partial charge in [0.2, 0.25) is 0 Å². The van der Waals surface area contributed by atoms with Gasteiger partial charge >= 0.3 is 0 Å². The van der Waals surface area contributed by atoms with Crippen LogP contribution in [0.1, 0.15) is 5.69 Å². The van der Waals surface area contributed by atoms with E-state index in [0.29, 0.717) is 10.3 Å². The van der Waals surface area contributed by atoms with Crippen LogP contribution < -0.4 is 5.73 Å². The fraction of sp³-hybridized carbons (Fsp3) is 0.250. The van der Waals surface area contributed by atoms with E-state index < -0.39 is 0 Å². The van der Waals surface area contributed by atoms with Gasteiger partial charge in [0.25, 0.3) is 0 Å². The van der Waals surface area contributed by atoms with Crippen LogP contribution in [0.15, 0.2) is 0 Å². The molecule has 0 spiro atoms. The molecule has 0 amide bonds. The fourth-order valence-electron chi connectivity index (χ4n) is 0.455. The molecule has 0 radical (unpaired) electrons. The van der Waals surface area contributed by atoms with Gasteiger partial charge in [-0.3, -0.25) is 5.10 Å². The monoisotopic (exact) mass is 129 g/mol. The van der Waals surface area contributed by atoms with Crippen LogP contribution >= 0.6 is 12.2 Å². The van der Waals surface area contributed by atoms with Gasteiger partial charge in [0.1, 0.15) is 4.64 Å². The predicted molar refractivity (Wildman–Crippen MR) is 35.1 cm³/mol. The molecule has 4 heteroatoms. The highest BCUT2D eigenvalue weighted by atomic mass is 32.1. The quantitative estimate of drug-likeness (QED) is 0.457. The molecule has 1 aromatic rings. The summed E-state index contributed by atoms with van der Waals surface area (Å²) in [5.74, 6) is 0. The maximum Gasteiger partial charge on any atom is 0.142 e. The third kappa shape index (κ3) is 0.626. The zero-order valence-electron chi connectivity index (χ0n) is 4.49. The first-order valence-electron chi connectivity index (χ1n) is 2.24. The van der Waals surface area contributed by atoms with Crippen molar-refractivity contribution >= 4 is 17.9 Å². The topological polar surface area (TPSA) is 57.6 Å². The Bertz CT molecular complexity index is 234. The summed E-state index contributed by atoms with van der Waals surface area (Å²) < 4.78 is 0.586. The molecular weight excluding hydrogens is 122 g/mol. The lowest BCUT2D eigenvalue weighted by atomic mass is 10.4. The molecule has 0 aliphatic heterocycles. The molecule has 1 aromatic heterocycles. The third-order valence-corrected chi connectivity index (χ3v) is 1.33. The summed E-state index contributed by atoms with van der Waals surface area (Å²) in [5.41, 5.74) is 6.97. The van der Waals surface area contributed by atoms with Gasteiger partial charge in [-0.15, -0.1) is 0 Å². The Kier molecular flexibility index (Phi) is 1.09. The van der Waals surface area contributed by atoms with Crippen molar-refractivity contribution in [3.8, 4) is 0 Å². The van der Waals surface area contributed by atoms with Crippen LogP contribution in [0, 0.1) is 11.6 Å². The van der Waals surface area contributed by atoms with E-state index in [4.69, 9.17) is 18.0 Å². The number of nitrogens with two attached hydrogens (primary N) is 1. The van der Waals surface area contributed by atoms with Crippen molar-refractivity contribution in [3.63, 3.8) is 0 Å². The second-order valence-corrected chi connectivity index (χ2v) is 2.03. The molecule has 44 valence electrons. The lowest BCUT2D eigenvalue weighted by Gasteiger charge is -1.80. The molecule has 1 rings (SSSR count). The summed E-state index contributed by atoms with van der Waals surface area (Å²) in [6.07, 6.45) is 0. The summed E-state index contributed by atoms with van der Waals surface area (Å²) in [6.45, 7) is 1.86. The molecular formula is C4H7N3S. The lowest BCUT2D eigenvalue weighted by Crippen LogP contribution is -1.83. The highest BCUT2D eigenvalue weighted by Crippen LogP contribution is 2.05. The zero-order chi connectivity index (χ0) is 6.15. The molecule has 0 aliphatic carbocycles. The molecule has 0 bridgehead atoms. The molecule has 0 saturated heterocycles. The van der Waals surface area contributed by atoms with Crippen LogP contribution in [0.4, 0.5) is 5.69 Å². The van der Waals surface area contributed by atoms with E-state index in [0.717, 1.165) is 5.69 Å². The Hall–Kier alpha value is -0.770. The SMILES string of the molecule is Cc1[nH][nH]c(=S)c1N. The van der Waals surface area contributed by atoms with Crippen LogP contribution in [0.3, 0.4) is 0 Å². The van der Waals surface area contributed by atoms with Gasteiger partial charge in [0.15, 0.2) is 0 Å². The number of aryl methyl sites for hydroxylation is 1. The number of aromatic nitrogens is 2. The third-order valence-electron chi connectivity index (χ3n) is 1.01. The highest BCUT2D eigenvalue weighted by Gasteiger charge is 1.92. The van der Waals surface area contributed by atoms with E-state index in [1.807, 2.05) is 6.92 Å². The minimum Gasteiger partial charge on any atom is -0.395 e. The highest BCUT2D eigenvalue weighted by molar-refractivity contribution is 7.71. The van der Waals surface area contributed by atoms with Crippen molar-refractivity contribution in [2.75, 3.05) is 5.73 Å². The molecule has 0 fully saturated rings. The van der Waals surface area contributed by atoms with Crippen molar-refractivity contribution < 1.29 is 0 Å². The average molecular weight is 129 g/mol. The maximum atomic E-state index is 5.44. The number of anilines is 1. The molecule has 0 unspecified atom stereocenters. The van der Waals surface area contributed by atoms with E-state index in [1.54, 1.807) is 0 Å². The van der Waals surface area contributed by atoms with Gasteiger partial charge in [-0.05, 0) is 6.92 Å². The van der Waals surface area contributed by atoms with E-state index in [9.17, 15) is 0 Å². The van der Waals surface area contributed by atoms with E-state index in [2.05, 4.69) is 10.2 Å². The van der Waals surface area contributed by atoms with Gasteiger partial charge in [-0.2, -0.15) is 0 Å². The molecule has 0 aromatic carbocycles. The second kappa shape index (κ2) is 1.63. The first-order valence-corrected chi connectivity index (χ1v) is 2.65. The van der Waals surface area contributed by atoms with Crippen LogP contribution in [0.2, 0.25) is 0 Å². The number of aromatic amines is 2. The fourth-order valence-corrected chi connectivity index (χ4v) is 0.660. The summed E-state index contributed by atoms with van der Waals surface area (Å²) in [7, 11) is 0. The average Bonchev–Trinajstić information content (AvgIpc) is 1.98. The number of rotatable bonds is 0. The van der Waals surface area contributed by atoms with Gasteiger partial charge in [-0.25, -0.2) is 0 Å².